The quantitative estimate of drug-likeness (QED) is 0.207. The lowest BCUT2D eigenvalue weighted by atomic mass is 9.72. The largest absolute Gasteiger partial charge is 0.310 e. The van der Waals surface area contributed by atoms with Crippen LogP contribution in [0.5, 0.6) is 0 Å². The van der Waals surface area contributed by atoms with Crippen LogP contribution in [0.2, 0.25) is 0 Å². The summed E-state index contributed by atoms with van der Waals surface area (Å²) >= 11 is 6.88. The van der Waals surface area contributed by atoms with Gasteiger partial charge < -0.3 is 4.90 Å². The highest BCUT2D eigenvalue weighted by molar-refractivity contribution is 8.25. The first kappa shape index (κ1) is 24.6. The van der Waals surface area contributed by atoms with Gasteiger partial charge in [-0.1, -0.05) is 143 Å². The lowest BCUT2D eigenvalue weighted by Crippen LogP contribution is -2.43. The lowest BCUT2D eigenvalue weighted by Gasteiger charge is -2.47. The molecule has 1 nitrogen and oxygen atoms in total. The van der Waals surface area contributed by atoms with Crippen LogP contribution in [0.25, 0.3) is 0 Å². The molecule has 1 unspecified atom stereocenters. The molecule has 0 spiro atoms. The standard InChI is InChI=1S/C36H32NPS/c1-35(2)26-17-8-11-20-29(26)37(30-21-12-9-18-27(30)35)31-22-14-24-33-34(31)36(3,4)28-19-10-13-23-32(28)38(33,39)25-15-6-5-7-16-25/h5-24H,1-4H3. The van der Waals surface area contributed by atoms with Gasteiger partial charge in [-0.2, -0.15) is 0 Å². The van der Waals surface area contributed by atoms with E-state index in [1.165, 1.54) is 55.2 Å². The van der Waals surface area contributed by atoms with Crippen LogP contribution >= 0.6 is 6.04 Å². The van der Waals surface area contributed by atoms with Crippen LogP contribution in [0, 0.1) is 0 Å². The maximum atomic E-state index is 6.88. The van der Waals surface area contributed by atoms with Gasteiger partial charge in [-0.25, -0.2) is 0 Å². The minimum atomic E-state index is -2.29. The molecule has 1 atom stereocenters. The molecule has 0 saturated heterocycles. The van der Waals surface area contributed by atoms with Gasteiger partial charge in [0.25, 0.3) is 0 Å². The van der Waals surface area contributed by atoms with Crippen molar-refractivity contribution in [3.8, 4) is 0 Å². The van der Waals surface area contributed by atoms with E-state index in [1.807, 2.05) is 0 Å². The first-order valence-corrected chi connectivity index (χ1v) is 16.5. The van der Waals surface area contributed by atoms with E-state index < -0.39 is 6.04 Å². The summed E-state index contributed by atoms with van der Waals surface area (Å²) in [7, 11) is 0. The highest BCUT2D eigenvalue weighted by atomic mass is 32.4. The van der Waals surface area contributed by atoms with Crippen molar-refractivity contribution in [1.82, 2.24) is 0 Å². The SMILES string of the molecule is CC1(C)c2ccccc2N(c2cccc3c2C(C)(C)c2ccccc2P3(=S)c2ccccc2)c2ccccc21. The van der Waals surface area contributed by atoms with Crippen molar-refractivity contribution >= 4 is 50.8 Å². The van der Waals surface area contributed by atoms with Crippen LogP contribution in [-0.4, -0.2) is 0 Å². The maximum absolute atomic E-state index is 6.88. The monoisotopic (exact) mass is 541 g/mol. The molecule has 0 N–H and O–H groups in total. The number of nitrogens with zero attached hydrogens (tertiary/aromatic N) is 1. The van der Waals surface area contributed by atoms with E-state index >= 15 is 0 Å². The zero-order valence-electron chi connectivity index (χ0n) is 22.8. The summed E-state index contributed by atoms with van der Waals surface area (Å²) in [5.74, 6) is 0. The van der Waals surface area contributed by atoms with E-state index in [0.717, 1.165) is 0 Å². The zero-order valence-corrected chi connectivity index (χ0v) is 24.6. The summed E-state index contributed by atoms with van der Waals surface area (Å²) in [4.78, 5) is 2.51. The van der Waals surface area contributed by atoms with Gasteiger partial charge in [0.2, 0.25) is 0 Å². The molecule has 192 valence electrons. The third kappa shape index (κ3) is 3.29. The van der Waals surface area contributed by atoms with Gasteiger partial charge in [-0.15, -0.1) is 0 Å². The van der Waals surface area contributed by atoms with Crippen LogP contribution in [0.1, 0.15) is 49.9 Å². The number of hydrogen-bond acceptors (Lipinski definition) is 2. The molecule has 7 rings (SSSR count). The van der Waals surface area contributed by atoms with Crippen molar-refractivity contribution < 1.29 is 0 Å². The van der Waals surface area contributed by atoms with Crippen LogP contribution in [0.4, 0.5) is 17.1 Å². The predicted molar refractivity (Wildman–Crippen MR) is 171 cm³/mol. The summed E-state index contributed by atoms with van der Waals surface area (Å²) < 4.78 is 0. The molecule has 0 amide bonds. The van der Waals surface area contributed by atoms with Gasteiger partial charge in [0.1, 0.15) is 0 Å². The number of anilines is 3. The normalized spacial score (nSPS) is 19.8. The van der Waals surface area contributed by atoms with Crippen LogP contribution in [0.3, 0.4) is 0 Å². The third-order valence-corrected chi connectivity index (χ3v) is 13.9. The van der Waals surface area contributed by atoms with Crippen LogP contribution in [0.15, 0.2) is 121 Å². The van der Waals surface area contributed by atoms with E-state index in [9.17, 15) is 0 Å². The van der Waals surface area contributed by atoms with E-state index in [0.29, 0.717) is 0 Å². The predicted octanol–water partition coefficient (Wildman–Crippen LogP) is 8.19. The third-order valence-electron chi connectivity index (χ3n) is 8.90. The van der Waals surface area contributed by atoms with Crippen molar-refractivity contribution in [2.75, 3.05) is 4.90 Å². The highest BCUT2D eigenvalue weighted by Gasteiger charge is 2.45. The molecule has 3 heteroatoms. The molecule has 2 heterocycles. The van der Waals surface area contributed by atoms with Crippen LogP contribution in [-0.2, 0) is 22.6 Å². The molecule has 0 saturated carbocycles. The first-order chi connectivity index (χ1) is 18.8. The number of benzene rings is 5. The van der Waals surface area contributed by atoms with Crippen LogP contribution < -0.4 is 20.8 Å². The Bertz CT molecular complexity index is 1750. The Labute approximate surface area is 237 Å². The van der Waals surface area contributed by atoms with Crippen molar-refractivity contribution in [3.05, 3.63) is 144 Å². The molecule has 5 aromatic carbocycles. The molecule has 0 bridgehead atoms. The second-order valence-electron chi connectivity index (χ2n) is 11.8. The van der Waals surface area contributed by atoms with Crippen molar-refractivity contribution in [1.29, 1.82) is 0 Å². The number of hydrogen-bond donors (Lipinski definition) is 0. The smallest absolute Gasteiger partial charge is 0.0509 e. The lowest BCUT2D eigenvalue weighted by molar-refractivity contribution is 0.627. The second-order valence-corrected chi connectivity index (χ2v) is 16.1. The Balaban J connectivity index is 1.60. The summed E-state index contributed by atoms with van der Waals surface area (Å²) in [6.45, 7) is 9.45. The maximum Gasteiger partial charge on any atom is 0.0509 e. The molecule has 0 aliphatic carbocycles. The summed E-state index contributed by atoms with van der Waals surface area (Å²) in [6, 6.07) is 42.1. The molecule has 0 fully saturated rings. The number of para-hydroxylation sites is 2. The summed E-state index contributed by atoms with van der Waals surface area (Å²) in [5, 5.41) is 3.88. The topological polar surface area (TPSA) is 3.24 Å². The summed E-state index contributed by atoms with van der Waals surface area (Å²) in [6.07, 6.45) is 0. The Kier molecular flexibility index (Phi) is 5.37. The molecule has 0 aromatic heterocycles. The Morgan fingerprint density at radius 2 is 0.974 bits per heavy atom. The van der Waals surface area contributed by atoms with Crippen molar-refractivity contribution in [2.24, 2.45) is 0 Å². The fourth-order valence-electron chi connectivity index (χ4n) is 7.00. The van der Waals surface area contributed by atoms with E-state index in [-0.39, 0.29) is 10.8 Å². The van der Waals surface area contributed by atoms with Gasteiger partial charge in [0, 0.05) is 16.9 Å². The molecule has 39 heavy (non-hydrogen) atoms. The molecule has 5 aromatic rings. The van der Waals surface area contributed by atoms with Gasteiger partial charge >= 0.3 is 0 Å². The Morgan fingerprint density at radius 3 is 1.62 bits per heavy atom. The number of rotatable bonds is 2. The minimum Gasteiger partial charge on any atom is -0.310 e. The van der Waals surface area contributed by atoms with E-state index in [2.05, 4.69) is 154 Å². The average Bonchev–Trinajstić information content (AvgIpc) is 2.97. The molecular formula is C36H32NPS. The van der Waals surface area contributed by atoms with E-state index in [1.54, 1.807) is 0 Å². The van der Waals surface area contributed by atoms with Gasteiger partial charge in [-0.3, -0.25) is 0 Å². The fraction of sp³-hybridized carbons (Fsp3) is 0.167. The Morgan fingerprint density at radius 1 is 0.487 bits per heavy atom. The van der Waals surface area contributed by atoms with Crippen molar-refractivity contribution in [3.63, 3.8) is 0 Å². The molecule has 2 aliphatic heterocycles. The second kappa shape index (κ2) is 8.52. The van der Waals surface area contributed by atoms with Gasteiger partial charge in [0.15, 0.2) is 0 Å². The van der Waals surface area contributed by atoms with Gasteiger partial charge in [-0.05, 0) is 56.4 Å². The fourth-order valence-corrected chi connectivity index (χ4v) is 11.7. The van der Waals surface area contributed by atoms with E-state index in [4.69, 9.17) is 11.8 Å². The number of fused-ring (bicyclic) bond motifs is 4. The molecule has 0 radical (unpaired) electrons. The molecular weight excluding hydrogens is 509 g/mol. The highest BCUT2D eigenvalue weighted by Crippen LogP contribution is 2.58. The minimum absolute atomic E-state index is 0.0978. The molecule has 2 aliphatic rings. The average molecular weight is 542 g/mol. The first-order valence-electron chi connectivity index (χ1n) is 13.7. The van der Waals surface area contributed by atoms with Crippen molar-refractivity contribution in [2.45, 2.75) is 38.5 Å². The Hall–Kier alpha value is -3.45. The summed E-state index contributed by atoms with van der Waals surface area (Å²) in [5.41, 5.74) is 8.78. The zero-order chi connectivity index (χ0) is 27.0. The van der Waals surface area contributed by atoms with Gasteiger partial charge in [0.05, 0.1) is 17.1 Å².